The molecule has 5 heteroatoms. The van der Waals surface area contributed by atoms with Crippen molar-refractivity contribution in [2.75, 3.05) is 5.73 Å². The maximum absolute atomic E-state index is 9.24. The van der Waals surface area contributed by atoms with Crippen molar-refractivity contribution in [3.8, 4) is 27.6 Å². The molecule has 2 aromatic heterocycles. The largest absolute Gasteiger partial charge is 0.396 e. The Morgan fingerprint density at radius 2 is 1.90 bits per heavy atom. The molecule has 3 rings (SSSR count). The van der Waals surface area contributed by atoms with Crippen LogP contribution in [0.2, 0.25) is 0 Å². The number of hydrogen-bond acceptors (Lipinski definition) is 4. The highest BCUT2D eigenvalue weighted by Gasteiger charge is 2.19. The van der Waals surface area contributed by atoms with Gasteiger partial charge in [-0.2, -0.15) is 5.26 Å². The van der Waals surface area contributed by atoms with Crippen LogP contribution in [-0.4, -0.2) is 0 Å². The Hall–Kier alpha value is -1.36. The summed E-state index contributed by atoms with van der Waals surface area (Å²) in [4.78, 5) is 1.66. The normalized spacial score (nSPS) is 10.4. The van der Waals surface area contributed by atoms with Gasteiger partial charge in [0.25, 0.3) is 0 Å². The minimum absolute atomic E-state index is 0.583. The number of nitriles is 1. The van der Waals surface area contributed by atoms with Crippen LogP contribution in [0.15, 0.2) is 41.8 Å². The first-order valence-corrected chi connectivity index (χ1v) is 8.60. The minimum Gasteiger partial charge on any atom is -0.396 e. The second-order valence-corrected chi connectivity index (χ2v) is 7.99. The van der Waals surface area contributed by atoms with Gasteiger partial charge in [0, 0.05) is 21.4 Å². The van der Waals surface area contributed by atoms with Gasteiger partial charge in [0.15, 0.2) is 0 Å². The second-order valence-electron chi connectivity index (χ2n) is 4.17. The Balaban J connectivity index is 2.28. The van der Waals surface area contributed by atoms with Crippen LogP contribution in [-0.2, 0) is 0 Å². The highest BCUT2D eigenvalue weighted by Crippen LogP contribution is 2.45. The van der Waals surface area contributed by atoms with E-state index in [4.69, 9.17) is 5.73 Å². The molecule has 0 aliphatic carbocycles. The van der Waals surface area contributed by atoms with E-state index in [1.807, 2.05) is 30.3 Å². The lowest BCUT2D eigenvalue weighted by molar-refractivity contribution is 1.52. The molecular formula is C15H9IN2S2. The smallest absolute Gasteiger partial charge is 0.129 e. The third-order valence-electron chi connectivity index (χ3n) is 2.94. The second kappa shape index (κ2) is 5.56. The first-order valence-electron chi connectivity index (χ1n) is 5.83. The van der Waals surface area contributed by atoms with Crippen molar-refractivity contribution in [3.63, 3.8) is 0 Å². The van der Waals surface area contributed by atoms with Crippen LogP contribution in [0.25, 0.3) is 21.6 Å². The molecule has 0 unspecified atom stereocenters. The summed E-state index contributed by atoms with van der Waals surface area (Å²) in [7, 11) is 0. The Labute approximate surface area is 138 Å². The molecule has 0 radical (unpaired) electrons. The molecule has 0 fully saturated rings. The monoisotopic (exact) mass is 408 g/mol. The molecule has 0 saturated heterocycles. The summed E-state index contributed by atoms with van der Waals surface area (Å²) in [6.07, 6.45) is 0. The molecule has 3 aromatic rings. The Kier molecular flexibility index (Phi) is 3.78. The third-order valence-corrected chi connectivity index (χ3v) is 5.89. The average Bonchev–Trinajstić information content (AvgIpc) is 3.03. The first-order chi connectivity index (χ1) is 9.70. The fraction of sp³-hybridized carbons (Fsp3) is 0. The van der Waals surface area contributed by atoms with E-state index in [2.05, 4.69) is 40.1 Å². The summed E-state index contributed by atoms with van der Waals surface area (Å²) in [5.74, 6) is 0. The number of thiophene rings is 2. The summed E-state index contributed by atoms with van der Waals surface area (Å²) in [5, 5.41) is 11.3. The van der Waals surface area contributed by atoms with E-state index in [0.29, 0.717) is 10.6 Å². The van der Waals surface area contributed by atoms with Gasteiger partial charge in [-0.25, -0.2) is 0 Å². The fourth-order valence-corrected chi connectivity index (χ4v) is 4.49. The van der Waals surface area contributed by atoms with E-state index >= 15 is 0 Å². The van der Waals surface area contributed by atoms with Crippen molar-refractivity contribution < 1.29 is 0 Å². The third kappa shape index (κ3) is 2.35. The number of rotatable bonds is 2. The summed E-state index contributed by atoms with van der Waals surface area (Å²) in [6, 6.07) is 14.3. The highest BCUT2D eigenvalue weighted by atomic mass is 127. The van der Waals surface area contributed by atoms with Gasteiger partial charge < -0.3 is 5.73 Å². The quantitative estimate of drug-likeness (QED) is 0.593. The molecule has 2 heterocycles. The standard InChI is InChI=1S/C15H9IN2S2/c16-12-6-10(8-19-12)15-13(9-4-2-1-3-5-9)14(18)11(7-17)20-15/h1-6,8H,18H2. The van der Waals surface area contributed by atoms with Gasteiger partial charge in [-0.1, -0.05) is 30.3 Å². The van der Waals surface area contributed by atoms with Gasteiger partial charge >= 0.3 is 0 Å². The number of hydrogen-bond donors (Lipinski definition) is 1. The molecule has 0 aliphatic rings. The van der Waals surface area contributed by atoms with E-state index in [1.165, 1.54) is 14.2 Å². The van der Waals surface area contributed by atoms with Crippen LogP contribution in [0.1, 0.15) is 4.88 Å². The predicted molar refractivity (Wildman–Crippen MR) is 94.9 cm³/mol. The van der Waals surface area contributed by atoms with Gasteiger partial charge in [-0.05, 0) is 34.2 Å². The molecule has 0 amide bonds. The van der Waals surface area contributed by atoms with Crippen molar-refractivity contribution in [3.05, 3.63) is 49.5 Å². The minimum atomic E-state index is 0.583. The van der Waals surface area contributed by atoms with E-state index in [0.717, 1.165) is 21.6 Å². The van der Waals surface area contributed by atoms with Crippen LogP contribution in [0.3, 0.4) is 0 Å². The van der Waals surface area contributed by atoms with E-state index in [9.17, 15) is 5.26 Å². The molecule has 2 nitrogen and oxygen atoms in total. The number of nitrogen functional groups attached to an aromatic ring is 1. The molecule has 0 bridgehead atoms. The molecule has 0 saturated carbocycles. The summed E-state index contributed by atoms with van der Waals surface area (Å²) in [6.45, 7) is 0. The zero-order chi connectivity index (χ0) is 14.1. The van der Waals surface area contributed by atoms with Crippen molar-refractivity contribution in [2.24, 2.45) is 0 Å². The maximum Gasteiger partial charge on any atom is 0.129 e. The molecule has 2 N–H and O–H groups in total. The maximum atomic E-state index is 9.24. The number of anilines is 1. The molecule has 0 spiro atoms. The molecule has 0 aliphatic heterocycles. The molecule has 0 atom stereocenters. The lowest BCUT2D eigenvalue weighted by Gasteiger charge is -2.04. The van der Waals surface area contributed by atoms with Crippen LogP contribution in [0.5, 0.6) is 0 Å². The topological polar surface area (TPSA) is 49.8 Å². The molecule has 20 heavy (non-hydrogen) atoms. The van der Waals surface area contributed by atoms with Gasteiger partial charge in [-0.15, -0.1) is 22.7 Å². The number of nitrogens with two attached hydrogens (primary N) is 1. The fourth-order valence-electron chi connectivity index (χ4n) is 2.05. The lowest BCUT2D eigenvalue weighted by Crippen LogP contribution is -1.88. The number of nitrogens with zero attached hydrogens (tertiary/aromatic N) is 1. The van der Waals surface area contributed by atoms with Gasteiger partial charge in [0.1, 0.15) is 10.9 Å². The van der Waals surface area contributed by atoms with Crippen molar-refractivity contribution in [1.29, 1.82) is 5.26 Å². The zero-order valence-electron chi connectivity index (χ0n) is 10.3. The SMILES string of the molecule is N#Cc1sc(-c2csc(I)c2)c(-c2ccccc2)c1N. The van der Waals surface area contributed by atoms with E-state index in [-0.39, 0.29) is 0 Å². The highest BCUT2D eigenvalue weighted by molar-refractivity contribution is 14.1. The molecular weight excluding hydrogens is 399 g/mol. The van der Waals surface area contributed by atoms with Crippen molar-refractivity contribution >= 4 is 51.0 Å². The van der Waals surface area contributed by atoms with E-state index in [1.54, 1.807) is 11.3 Å². The van der Waals surface area contributed by atoms with Crippen LogP contribution >= 0.6 is 45.3 Å². The Morgan fingerprint density at radius 3 is 2.50 bits per heavy atom. The first kappa shape index (κ1) is 13.6. The molecule has 98 valence electrons. The van der Waals surface area contributed by atoms with E-state index < -0.39 is 0 Å². The van der Waals surface area contributed by atoms with Crippen LogP contribution < -0.4 is 5.73 Å². The van der Waals surface area contributed by atoms with Gasteiger partial charge in [0.2, 0.25) is 0 Å². The number of halogens is 1. The lowest BCUT2D eigenvalue weighted by atomic mass is 10.0. The Bertz CT molecular complexity index is 797. The molecule has 1 aromatic carbocycles. The Morgan fingerprint density at radius 1 is 1.15 bits per heavy atom. The summed E-state index contributed by atoms with van der Waals surface area (Å²) in [5.41, 5.74) is 9.93. The average molecular weight is 408 g/mol. The summed E-state index contributed by atoms with van der Waals surface area (Å²) < 4.78 is 1.22. The van der Waals surface area contributed by atoms with Gasteiger partial charge in [0.05, 0.1) is 8.57 Å². The van der Waals surface area contributed by atoms with Gasteiger partial charge in [-0.3, -0.25) is 0 Å². The van der Waals surface area contributed by atoms with Crippen molar-refractivity contribution in [1.82, 2.24) is 0 Å². The summed E-state index contributed by atoms with van der Waals surface area (Å²) >= 11 is 5.47. The predicted octanol–water partition coefficient (Wildman–Crippen LogP) is 5.20. The zero-order valence-corrected chi connectivity index (χ0v) is 14.1. The van der Waals surface area contributed by atoms with Crippen LogP contribution in [0, 0.1) is 14.2 Å². The number of benzene rings is 1. The van der Waals surface area contributed by atoms with Crippen LogP contribution in [0.4, 0.5) is 5.69 Å². The van der Waals surface area contributed by atoms with Crippen molar-refractivity contribution in [2.45, 2.75) is 0 Å².